The van der Waals surface area contributed by atoms with Crippen LogP contribution in [0.15, 0.2) is 89.3 Å². The van der Waals surface area contributed by atoms with E-state index in [9.17, 15) is 4.79 Å². The first-order valence-electron chi connectivity index (χ1n) is 9.19. The van der Waals surface area contributed by atoms with Gasteiger partial charge in [0.25, 0.3) is 5.91 Å². The van der Waals surface area contributed by atoms with Crippen molar-refractivity contribution in [2.45, 2.75) is 13.2 Å². The third-order valence-corrected chi connectivity index (χ3v) is 4.58. The van der Waals surface area contributed by atoms with Crippen molar-refractivity contribution in [2.24, 2.45) is 0 Å². The third-order valence-electron chi connectivity index (χ3n) is 4.58. The van der Waals surface area contributed by atoms with Gasteiger partial charge < -0.3 is 14.1 Å². The Balaban J connectivity index is 1.38. The van der Waals surface area contributed by atoms with Crippen LogP contribution in [-0.2, 0) is 13.2 Å². The molecule has 4 heteroatoms. The molecular formula is C24H21NO3. The average molecular weight is 371 g/mol. The molecule has 0 saturated carbocycles. The minimum atomic E-state index is -0.152. The maximum Gasteiger partial charge on any atom is 0.289 e. The van der Waals surface area contributed by atoms with Crippen LogP contribution < -0.4 is 4.74 Å². The molecule has 0 spiro atoms. The summed E-state index contributed by atoms with van der Waals surface area (Å²) < 4.78 is 11.5. The number of rotatable bonds is 6. The minimum Gasteiger partial charge on any atom is -0.486 e. The molecule has 1 aromatic heterocycles. The van der Waals surface area contributed by atoms with E-state index in [2.05, 4.69) is 12.1 Å². The van der Waals surface area contributed by atoms with Crippen molar-refractivity contribution in [3.63, 3.8) is 0 Å². The van der Waals surface area contributed by atoms with Crippen LogP contribution in [0.4, 0.5) is 0 Å². The molecule has 4 nitrogen and oxygen atoms in total. The number of carbonyl (C=O) groups is 1. The number of ether oxygens (including phenoxy) is 1. The molecule has 0 bridgehead atoms. The van der Waals surface area contributed by atoms with E-state index in [0.717, 1.165) is 16.7 Å². The zero-order valence-electron chi connectivity index (χ0n) is 15.7. The summed E-state index contributed by atoms with van der Waals surface area (Å²) in [6, 6.07) is 27.4. The number of benzene rings is 3. The monoisotopic (exact) mass is 371 g/mol. The lowest BCUT2D eigenvalue weighted by Crippen LogP contribution is -2.25. The maximum atomic E-state index is 12.6. The molecule has 4 rings (SSSR count). The largest absolute Gasteiger partial charge is 0.486 e. The van der Waals surface area contributed by atoms with E-state index in [0.29, 0.717) is 18.1 Å². The second kappa shape index (κ2) is 8.01. The van der Waals surface area contributed by atoms with E-state index in [-0.39, 0.29) is 12.5 Å². The van der Waals surface area contributed by atoms with Gasteiger partial charge >= 0.3 is 0 Å². The van der Waals surface area contributed by atoms with Crippen molar-refractivity contribution in [3.8, 4) is 5.75 Å². The van der Waals surface area contributed by atoms with Crippen LogP contribution >= 0.6 is 0 Å². The van der Waals surface area contributed by atoms with Crippen molar-refractivity contribution in [3.05, 3.63) is 102 Å². The maximum absolute atomic E-state index is 12.6. The van der Waals surface area contributed by atoms with Gasteiger partial charge in [-0.15, -0.1) is 0 Å². The SMILES string of the molecule is CN(Cc1ccccc1)C(=O)c1ccc(COc2ccc3ccccc3c2)o1. The number of hydrogen-bond acceptors (Lipinski definition) is 3. The number of amides is 1. The Morgan fingerprint density at radius 2 is 1.64 bits per heavy atom. The number of fused-ring (bicyclic) bond motifs is 1. The fourth-order valence-electron chi connectivity index (χ4n) is 3.10. The lowest BCUT2D eigenvalue weighted by Gasteiger charge is -2.15. The van der Waals surface area contributed by atoms with Crippen LogP contribution in [0.1, 0.15) is 21.9 Å². The van der Waals surface area contributed by atoms with E-state index in [4.69, 9.17) is 9.15 Å². The Hall–Kier alpha value is -3.53. The summed E-state index contributed by atoms with van der Waals surface area (Å²) >= 11 is 0. The van der Waals surface area contributed by atoms with Crippen LogP contribution in [0.5, 0.6) is 5.75 Å². The van der Waals surface area contributed by atoms with Crippen molar-refractivity contribution in [1.82, 2.24) is 4.90 Å². The Morgan fingerprint density at radius 3 is 2.46 bits per heavy atom. The molecular weight excluding hydrogens is 350 g/mol. The van der Waals surface area contributed by atoms with E-state index < -0.39 is 0 Å². The first-order valence-corrected chi connectivity index (χ1v) is 9.19. The molecule has 0 fully saturated rings. The van der Waals surface area contributed by atoms with Gasteiger partial charge in [0.1, 0.15) is 18.1 Å². The van der Waals surface area contributed by atoms with Gasteiger partial charge in [0.2, 0.25) is 0 Å². The van der Waals surface area contributed by atoms with Gasteiger partial charge in [0, 0.05) is 13.6 Å². The molecule has 0 saturated heterocycles. The molecule has 0 aliphatic heterocycles. The quantitative estimate of drug-likeness (QED) is 0.463. The van der Waals surface area contributed by atoms with Gasteiger partial charge in [-0.3, -0.25) is 4.79 Å². The van der Waals surface area contributed by atoms with Gasteiger partial charge in [0.05, 0.1) is 0 Å². The highest BCUT2D eigenvalue weighted by Crippen LogP contribution is 2.22. The molecule has 0 N–H and O–H groups in total. The molecule has 0 unspecified atom stereocenters. The predicted octanol–water partition coefficient (Wildman–Crippen LogP) is 5.28. The fraction of sp³-hybridized carbons (Fsp3) is 0.125. The van der Waals surface area contributed by atoms with Crippen molar-refractivity contribution in [2.75, 3.05) is 7.05 Å². The second-order valence-electron chi connectivity index (χ2n) is 6.71. The lowest BCUT2D eigenvalue weighted by atomic mass is 10.1. The van der Waals surface area contributed by atoms with E-state index >= 15 is 0 Å². The standard InChI is InChI=1S/C24H21NO3/c1-25(16-18-7-3-2-4-8-18)24(26)23-14-13-22(28-23)17-27-21-12-11-19-9-5-6-10-20(19)15-21/h2-15H,16-17H2,1H3. The van der Waals surface area contributed by atoms with Gasteiger partial charge in [-0.1, -0.05) is 60.7 Å². The molecule has 140 valence electrons. The third kappa shape index (κ3) is 4.07. The first kappa shape index (κ1) is 17.9. The molecule has 1 heterocycles. The van der Waals surface area contributed by atoms with Gasteiger partial charge in [-0.25, -0.2) is 0 Å². The van der Waals surface area contributed by atoms with Gasteiger partial charge in [-0.2, -0.15) is 0 Å². The normalized spacial score (nSPS) is 10.8. The summed E-state index contributed by atoms with van der Waals surface area (Å²) in [6.07, 6.45) is 0. The van der Waals surface area contributed by atoms with E-state index in [1.165, 1.54) is 5.39 Å². The molecule has 0 atom stereocenters. The van der Waals surface area contributed by atoms with Crippen molar-refractivity contribution >= 4 is 16.7 Å². The molecule has 28 heavy (non-hydrogen) atoms. The van der Waals surface area contributed by atoms with Crippen molar-refractivity contribution in [1.29, 1.82) is 0 Å². The van der Waals surface area contributed by atoms with Gasteiger partial charge in [0.15, 0.2) is 5.76 Å². The molecule has 3 aromatic carbocycles. The lowest BCUT2D eigenvalue weighted by molar-refractivity contribution is 0.0749. The molecule has 0 aliphatic rings. The molecule has 0 aliphatic carbocycles. The molecule has 1 amide bonds. The average Bonchev–Trinajstić information content (AvgIpc) is 3.21. The van der Waals surface area contributed by atoms with E-state index in [1.807, 2.05) is 60.7 Å². The van der Waals surface area contributed by atoms with Crippen LogP contribution in [0.25, 0.3) is 10.8 Å². The Morgan fingerprint density at radius 1 is 0.893 bits per heavy atom. The van der Waals surface area contributed by atoms with E-state index in [1.54, 1.807) is 24.1 Å². The number of nitrogens with zero attached hydrogens (tertiary/aromatic N) is 1. The molecule has 4 aromatic rings. The van der Waals surface area contributed by atoms with Gasteiger partial charge in [-0.05, 0) is 40.6 Å². The zero-order chi connectivity index (χ0) is 19.3. The fourth-order valence-corrected chi connectivity index (χ4v) is 3.10. The molecule has 0 radical (unpaired) electrons. The highest BCUT2D eigenvalue weighted by molar-refractivity contribution is 5.91. The second-order valence-corrected chi connectivity index (χ2v) is 6.71. The smallest absolute Gasteiger partial charge is 0.289 e. The summed E-state index contributed by atoms with van der Waals surface area (Å²) in [5, 5.41) is 2.29. The van der Waals surface area contributed by atoms with Crippen LogP contribution in [0, 0.1) is 0 Å². The number of furan rings is 1. The van der Waals surface area contributed by atoms with Crippen LogP contribution in [0.3, 0.4) is 0 Å². The van der Waals surface area contributed by atoms with Crippen LogP contribution in [0.2, 0.25) is 0 Å². The van der Waals surface area contributed by atoms with Crippen molar-refractivity contribution < 1.29 is 13.9 Å². The Bertz CT molecular complexity index is 1090. The highest BCUT2D eigenvalue weighted by Gasteiger charge is 2.16. The predicted molar refractivity (Wildman–Crippen MR) is 109 cm³/mol. The first-order chi connectivity index (χ1) is 13.7. The summed E-state index contributed by atoms with van der Waals surface area (Å²) in [5.74, 6) is 1.55. The highest BCUT2D eigenvalue weighted by atomic mass is 16.5. The zero-order valence-corrected chi connectivity index (χ0v) is 15.7. The van der Waals surface area contributed by atoms with Crippen LogP contribution in [-0.4, -0.2) is 17.9 Å². The Labute approximate surface area is 164 Å². The summed E-state index contributed by atoms with van der Waals surface area (Å²) in [5.41, 5.74) is 1.07. The summed E-state index contributed by atoms with van der Waals surface area (Å²) in [4.78, 5) is 14.2. The number of carbonyl (C=O) groups excluding carboxylic acids is 1. The summed E-state index contributed by atoms with van der Waals surface area (Å²) in [7, 11) is 1.77. The minimum absolute atomic E-state index is 0.152. The Kier molecular flexibility index (Phi) is 5.11. The number of hydrogen-bond donors (Lipinski definition) is 0. The summed E-state index contributed by atoms with van der Waals surface area (Å²) in [6.45, 7) is 0.803. The topological polar surface area (TPSA) is 42.7 Å².